The molecule has 0 aromatic heterocycles. The van der Waals surface area contributed by atoms with Crippen LogP contribution in [0.3, 0.4) is 0 Å². The second kappa shape index (κ2) is 6.23. The van der Waals surface area contributed by atoms with Crippen LogP contribution in [0.5, 0.6) is 0 Å². The molecule has 2 saturated heterocycles. The maximum Gasteiger partial charge on any atom is 0.225 e. The molecule has 0 bridgehead atoms. The van der Waals surface area contributed by atoms with Gasteiger partial charge in [0.25, 0.3) is 0 Å². The third kappa shape index (κ3) is 4.18. The minimum absolute atomic E-state index is 0.166. The highest BCUT2D eigenvalue weighted by molar-refractivity contribution is 5.81. The van der Waals surface area contributed by atoms with Crippen LogP contribution in [-0.4, -0.2) is 49.7 Å². The second-order valence-electron chi connectivity index (χ2n) is 6.96. The Morgan fingerprint density at radius 1 is 1.26 bits per heavy atom. The molecule has 2 aliphatic heterocycles. The highest BCUT2D eigenvalue weighted by Gasteiger charge is 2.28. The monoisotopic (exact) mass is 268 g/mol. The lowest BCUT2D eigenvalue weighted by atomic mass is 9.93. The minimum atomic E-state index is -0.276. The molecule has 0 aromatic rings. The highest BCUT2D eigenvalue weighted by atomic mass is 16.5. The summed E-state index contributed by atoms with van der Waals surface area (Å²) < 4.78 is 5.45. The Hall–Kier alpha value is -0.610. The van der Waals surface area contributed by atoms with Crippen LogP contribution >= 0.6 is 0 Å². The van der Waals surface area contributed by atoms with Crippen molar-refractivity contribution < 1.29 is 9.53 Å². The van der Waals surface area contributed by atoms with E-state index in [0.717, 1.165) is 32.8 Å². The number of nitrogens with zero attached hydrogens (tertiary/aromatic N) is 1. The van der Waals surface area contributed by atoms with Crippen molar-refractivity contribution in [2.45, 2.75) is 46.1 Å². The van der Waals surface area contributed by atoms with Crippen molar-refractivity contribution in [1.82, 2.24) is 10.2 Å². The zero-order valence-electron chi connectivity index (χ0n) is 12.6. The van der Waals surface area contributed by atoms with E-state index in [-0.39, 0.29) is 11.3 Å². The first-order chi connectivity index (χ1) is 8.97. The van der Waals surface area contributed by atoms with Gasteiger partial charge in [0.15, 0.2) is 0 Å². The Bertz CT molecular complexity index is 298. The van der Waals surface area contributed by atoms with Gasteiger partial charge in [0.2, 0.25) is 5.91 Å². The summed E-state index contributed by atoms with van der Waals surface area (Å²) in [6.45, 7) is 10.9. The molecule has 110 valence electrons. The molecule has 1 atom stereocenters. The number of piperidine rings is 1. The second-order valence-corrected chi connectivity index (χ2v) is 6.96. The van der Waals surface area contributed by atoms with Gasteiger partial charge in [-0.2, -0.15) is 0 Å². The number of nitrogens with one attached hydrogen (secondary N) is 1. The van der Waals surface area contributed by atoms with Gasteiger partial charge < -0.3 is 10.1 Å². The average molecular weight is 268 g/mol. The van der Waals surface area contributed by atoms with E-state index < -0.39 is 0 Å². The van der Waals surface area contributed by atoms with E-state index in [9.17, 15) is 4.79 Å². The molecule has 0 saturated carbocycles. The molecular weight excluding hydrogens is 240 g/mol. The van der Waals surface area contributed by atoms with E-state index >= 15 is 0 Å². The van der Waals surface area contributed by atoms with Crippen LogP contribution in [0.4, 0.5) is 0 Å². The molecule has 0 spiro atoms. The van der Waals surface area contributed by atoms with Crippen molar-refractivity contribution in [3.8, 4) is 0 Å². The number of carbonyl (C=O) groups is 1. The smallest absolute Gasteiger partial charge is 0.225 e. The first kappa shape index (κ1) is 14.8. The van der Waals surface area contributed by atoms with Crippen LogP contribution in [0.25, 0.3) is 0 Å². The predicted octanol–water partition coefficient (Wildman–Crippen LogP) is 1.65. The first-order valence-corrected chi connectivity index (χ1v) is 7.57. The fourth-order valence-electron chi connectivity index (χ4n) is 2.83. The summed E-state index contributed by atoms with van der Waals surface area (Å²) in [5.41, 5.74) is -0.276. The van der Waals surface area contributed by atoms with Gasteiger partial charge in [0, 0.05) is 24.6 Å². The van der Waals surface area contributed by atoms with E-state index in [1.165, 1.54) is 19.3 Å². The van der Waals surface area contributed by atoms with Gasteiger partial charge in [-0.3, -0.25) is 9.69 Å². The van der Waals surface area contributed by atoms with Gasteiger partial charge in [0.1, 0.15) is 0 Å². The Morgan fingerprint density at radius 3 is 2.47 bits per heavy atom. The lowest BCUT2D eigenvalue weighted by Gasteiger charge is -2.35. The normalized spacial score (nSPS) is 26.6. The summed E-state index contributed by atoms with van der Waals surface area (Å²) in [6, 6.07) is 0.644. The Labute approximate surface area is 116 Å². The topological polar surface area (TPSA) is 41.6 Å². The maximum absolute atomic E-state index is 11.8. The molecule has 0 radical (unpaired) electrons. The van der Waals surface area contributed by atoms with E-state index in [1.807, 2.05) is 20.8 Å². The Morgan fingerprint density at radius 2 is 1.95 bits per heavy atom. The molecule has 19 heavy (non-hydrogen) atoms. The summed E-state index contributed by atoms with van der Waals surface area (Å²) in [7, 11) is 0. The zero-order chi connectivity index (χ0) is 13.9. The first-order valence-electron chi connectivity index (χ1n) is 7.57. The number of likely N-dealkylation sites (tertiary alicyclic amines) is 1. The fourth-order valence-corrected chi connectivity index (χ4v) is 2.83. The van der Waals surface area contributed by atoms with Crippen LogP contribution in [0.15, 0.2) is 0 Å². The van der Waals surface area contributed by atoms with Crippen molar-refractivity contribution >= 4 is 5.91 Å². The van der Waals surface area contributed by atoms with E-state index in [1.54, 1.807) is 0 Å². The summed E-state index contributed by atoms with van der Waals surface area (Å²) in [5, 5.41) is 3.09. The van der Waals surface area contributed by atoms with Crippen LogP contribution in [0, 0.1) is 11.3 Å². The molecule has 1 N–H and O–H groups in total. The molecule has 1 unspecified atom stereocenters. The van der Waals surface area contributed by atoms with Gasteiger partial charge in [-0.25, -0.2) is 0 Å². The lowest BCUT2D eigenvalue weighted by molar-refractivity contribution is -0.128. The number of ether oxygens (including phenoxy) is 1. The van der Waals surface area contributed by atoms with E-state index in [0.29, 0.717) is 12.0 Å². The molecule has 4 heteroatoms. The number of carbonyl (C=O) groups excluding carboxylic acids is 1. The summed E-state index contributed by atoms with van der Waals surface area (Å²) in [6.07, 6.45) is 3.58. The average Bonchev–Trinajstić information content (AvgIpc) is 2.89. The van der Waals surface area contributed by atoms with Crippen molar-refractivity contribution in [2.24, 2.45) is 11.3 Å². The van der Waals surface area contributed by atoms with Crippen LogP contribution in [0.2, 0.25) is 0 Å². The molecule has 1 amide bonds. The standard InChI is InChI=1S/C15H28N2O2/c1-15(2,3)14(18)16-10-12-4-7-17(8-5-12)13-6-9-19-11-13/h12-13H,4-11H2,1-3H3,(H,16,18). The molecule has 2 fully saturated rings. The van der Waals surface area contributed by atoms with Gasteiger partial charge in [0.05, 0.1) is 6.61 Å². The largest absolute Gasteiger partial charge is 0.380 e. The molecule has 0 aliphatic carbocycles. The van der Waals surface area contributed by atoms with Crippen LogP contribution in [-0.2, 0) is 9.53 Å². The minimum Gasteiger partial charge on any atom is -0.380 e. The fraction of sp³-hybridized carbons (Fsp3) is 0.933. The molecule has 0 aromatic carbocycles. The van der Waals surface area contributed by atoms with Gasteiger partial charge in [-0.05, 0) is 38.3 Å². The van der Waals surface area contributed by atoms with Gasteiger partial charge >= 0.3 is 0 Å². The Balaban J connectivity index is 1.67. The maximum atomic E-state index is 11.8. The molecule has 2 rings (SSSR count). The quantitative estimate of drug-likeness (QED) is 0.846. The molecule has 4 nitrogen and oxygen atoms in total. The van der Waals surface area contributed by atoms with Crippen molar-refractivity contribution in [1.29, 1.82) is 0 Å². The number of amides is 1. The molecule has 2 aliphatic rings. The van der Waals surface area contributed by atoms with Crippen LogP contribution in [0.1, 0.15) is 40.0 Å². The van der Waals surface area contributed by atoms with Gasteiger partial charge in [-0.15, -0.1) is 0 Å². The Kier molecular flexibility index (Phi) is 4.85. The SMILES string of the molecule is CC(C)(C)C(=O)NCC1CCN(C2CCOC2)CC1. The number of rotatable bonds is 3. The van der Waals surface area contributed by atoms with Crippen molar-refractivity contribution in [3.05, 3.63) is 0 Å². The van der Waals surface area contributed by atoms with E-state index in [4.69, 9.17) is 4.74 Å². The molecule has 2 heterocycles. The summed E-state index contributed by atoms with van der Waals surface area (Å²) in [5.74, 6) is 0.809. The zero-order valence-corrected chi connectivity index (χ0v) is 12.6. The highest BCUT2D eigenvalue weighted by Crippen LogP contribution is 2.22. The summed E-state index contributed by atoms with van der Waals surface area (Å²) >= 11 is 0. The van der Waals surface area contributed by atoms with Crippen molar-refractivity contribution in [2.75, 3.05) is 32.8 Å². The van der Waals surface area contributed by atoms with Gasteiger partial charge in [-0.1, -0.05) is 20.8 Å². The third-order valence-corrected chi connectivity index (χ3v) is 4.30. The predicted molar refractivity (Wildman–Crippen MR) is 76.0 cm³/mol. The number of hydrogen-bond acceptors (Lipinski definition) is 3. The number of hydrogen-bond donors (Lipinski definition) is 1. The summed E-state index contributed by atoms with van der Waals surface area (Å²) in [4.78, 5) is 14.4. The van der Waals surface area contributed by atoms with Crippen molar-refractivity contribution in [3.63, 3.8) is 0 Å². The lowest BCUT2D eigenvalue weighted by Crippen LogP contribution is -2.45. The van der Waals surface area contributed by atoms with E-state index in [2.05, 4.69) is 10.2 Å². The van der Waals surface area contributed by atoms with Crippen LogP contribution < -0.4 is 5.32 Å². The molecular formula is C15H28N2O2. The third-order valence-electron chi connectivity index (χ3n) is 4.30.